The van der Waals surface area contributed by atoms with E-state index < -0.39 is 0 Å². The van der Waals surface area contributed by atoms with Crippen LogP contribution in [0.15, 0.2) is 91.8 Å². The first-order valence-electron chi connectivity index (χ1n) is 19.7. The number of aromatic nitrogens is 6. The van der Waals surface area contributed by atoms with Crippen LogP contribution < -0.4 is 13.7 Å². The standard InChI is InChI=1S/C45H51N6/c1-2-8-41-40(7-1)46-25-34-13-15-36(16-14-34)27-48-32-50(43-10-4-3-9-42(43)48)29-38-21-23-39(24-22-38)30-51-33-49(44-11-5-6-12-45(44)51)28-37-19-17-35(18-20-37)26-47(41)31-46/h13-24,31-33H,1-12,25-30H2/q+3. The highest BCUT2D eigenvalue weighted by Crippen LogP contribution is 2.24. The molecule has 12 bridgehead atoms. The molecule has 0 fully saturated rings. The smallest absolute Gasteiger partial charge is 0.230 e. The highest BCUT2D eigenvalue weighted by molar-refractivity contribution is 5.27. The van der Waals surface area contributed by atoms with Crippen LogP contribution in [0.1, 0.15) is 106 Å². The minimum absolute atomic E-state index is 0.938. The van der Waals surface area contributed by atoms with Crippen molar-refractivity contribution < 1.29 is 13.7 Å². The second-order valence-electron chi connectivity index (χ2n) is 15.9. The first kappa shape index (κ1) is 31.1. The zero-order valence-corrected chi connectivity index (χ0v) is 30.1. The number of benzene rings is 3. The maximum Gasteiger partial charge on any atom is 0.244 e. The number of hydrogen-bond donors (Lipinski definition) is 0. The van der Waals surface area contributed by atoms with Crippen LogP contribution in [0.2, 0.25) is 0 Å². The molecule has 0 saturated carbocycles. The largest absolute Gasteiger partial charge is 0.244 e. The Hall–Kier alpha value is -4.71. The molecule has 0 amide bonds. The van der Waals surface area contributed by atoms with Crippen LogP contribution in [-0.4, -0.2) is 13.7 Å². The normalized spacial score (nSPS) is 17.2. The number of fused-ring (bicyclic) bond motifs is 5. The predicted molar refractivity (Wildman–Crippen MR) is 198 cm³/mol. The van der Waals surface area contributed by atoms with E-state index in [1.54, 1.807) is 34.2 Å². The lowest BCUT2D eigenvalue weighted by atomic mass is 10.00. The van der Waals surface area contributed by atoms with Crippen molar-refractivity contribution in [3.05, 3.63) is 159 Å². The van der Waals surface area contributed by atoms with Crippen molar-refractivity contribution in [1.29, 1.82) is 0 Å². The summed E-state index contributed by atoms with van der Waals surface area (Å²) < 4.78 is 15.3. The third-order valence-corrected chi connectivity index (χ3v) is 12.3. The summed E-state index contributed by atoms with van der Waals surface area (Å²) in [6.07, 6.45) is 22.1. The maximum absolute atomic E-state index is 2.55. The minimum atomic E-state index is 0.938. The van der Waals surface area contributed by atoms with E-state index in [-0.39, 0.29) is 0 Å². The Morgan fingerprint density at radius 3 is 0.863 bits per heavy atom. The number of nitrogens with zero attached hydrogens (tertiary/aromatic N) is 6. The van der Waals surface area contributed by atoms with Crippen molar-refractivity contribution in [3.8, 4) is 0 Å². The first-order chi connectivity index (χ1) is 25.2. The minimum Gasteiger partial charge on any atom is -0.230 e. The van der Waals surface area contributed by atoms with E-state index in [1.165, 1.54) is 110 Å². The van der Waals surface area contributed by atoms with Crippen molar-refractivity contribution in [1.82, 2.24) is 13.7 Å². The molecule has 3 aromatic heterocycles. The number of rotatable bonds is 0. The van der Waals surface area contributed by atoms with Gasteiger partial charge in [-0.05, 0) is 71.9 Å². The van der Waals surface area contributed by atoms with E-state index in [9.17, 15) is 0 Å². The van der Waals surface area contributed by atoms with Gasteiger partial charge in [0.25, 0.3) is 0 Å². The summed E-state index contributed by atoms with van der Waals surface area (Å²) in [7, 11) is 0. The molecule has 6 heteroatoms. The Morgan fingerprint density at radius 1 is 0.314 bits per heavy atom. The Morgan fingerprint density at radius 2 is 0.569 bits per heavy atom. The third-order valence-electron chi connectivity index (χ3n) is 12.3. The van der Waals surface area contributed by atoms with Gasteiger partial charge in [-0.2, -0.15) is 0 Å². The highest BCUT2D eigenvalue weighted by Gasteiger charge is 2.29. The summed E-state index contributed by atoms with van der Waals surface area (Å²) in [5, 5.41) is 0. The van der Waals surface area contributed by atoms with Gasteiger partial charge >= 0.3 is 0 Å². The second-order valence-corrected chi connectivity index (χ2v) is 15.9. The summed E-state index contributed by atoms with van der Waals surface area (Å²) in [4.78, 5) is 0. The van der Waals surface area contributed by atoms with Crippen LogP contribution in [0.25, 0.3) is 0 Å². The van der Waals surface area contributed by atoms with Gasteiger partial charge in [0.15, 0.2) is 0 Å². The van der Waals surface area contributed by atoms with Gasteiger partial charge < -0.3 is 0 Å². The Labute approximate surface area is 302 Å². The van der Waals surface area contributed by atoms with E-state index in [1.807, 2.05) is 0 Å². The molecule has 0 atom stereocenters. The summed E-state index contributed by atoms with van der Waals surface area (Å²) >= 11 is 0. The van der Waals surface area contributed by atoms with E-state index in [0.717, 1.165) is 39.3 Å². The molecule has 51 heavy (non-hydrogen) atoms. The van der Waals surface area contributed by atoms with Gasteiger partial charge in [0.2, 0.25) is 19.0 Å². The zero-order valence-electron chi connectivity index (χ0n) is 30.1. The van der Waals surface area contributed by atoms with E-state index in [0.29, 0.717) is 0 Å². The average Bonchev–Trinajstić information content (AvgIpc) is 3.82. The SMILES string of the molecule is c1cc2ccc1Cn1c[n+](c3c1CCCC3)Cc1ccc(cc1)Cn1c[n+](c3c1CCCC3)Cc1ccc(cc1)C[n+]1cn(c3c1CCCC3)C2. The molecule has 3 aliphatic carbocycles. The molecule has 4 aliphatic heterocycles. The van der Waals surface area contributed by atoms with Gasteiger partial charge in [0, 0.05) is 38.5 Å². The van der Waals surface area contributed by atoms with Crippen LogP contribution in [-0.2, 0) is 77.8 Å². The predicted octanol–water partition coefficient (Wildman–Crippen LogP) is 6.19. The Balaban J connectivity index is 1.02. The second kappa shape index (κ2) is 13.1. The molecule has 6 nitrogen and oxygen atoms in total. The quantitative estimate of drug-likeness (QED) is 0.172. The van der Waals surface area contributed by atoms with Crippen LogP contribution in [0.4, 0.5) is 0 Å². The fourth-order valence-electron chi connectivity index (χ4n) is 9.65. The lowest BCUT2D eigenvalue weighted by molar-refractivity contribution is -0.695. The lowest BCUT2D eigenvalue weighted by Gasteiger charge is -2.11. The number of hydrogen-bond acceptors (Lipinski definition) is 0. The third kappa shape index (κ3) is 6.07. The van der Waals surface area contributed by atoms with Crippen LogP contribution in [0, 0.1) is 0 Å². The molecule has 0 N–H and O–H groups in total. The molecule has 0 unspecified atom stereocenters. The molecular weight excluding hydrogens is 625 g/mol. The molecule has 13 rings (SSSR count). The van der Waals surface area contributed by atoms with Gasteiger partial charge in [0.05, 0.1) is 0 Å². The maximum atomic E-state index is 2.55. The van der Waals surface area contributed by atoms with Crippen molar-refractivity contribution in [2.24, 2.45) is 0 Å². The van der Waals surface area contributed by atoms with Crippen molar-refractivity contribution in [2.75, 3.05) is 0 Å². The molecule has 0 radical (unpaired) electrons. The Bertz CT molecular complexity index is 1790. The molecule has 7 heterocycles. The zero-order chi connectivity index (χ0) is 33.7. The monoisotopic (exact) mass is 675 g/mol. The molecule has 0 spiro atoms. The topological polar surface area (TPSA) is 26.4 Å². The molecule has 3 aromatic carbocycles. The molecule has 0 saturated heterocycles. The summed E-state index contributed by atoms with van der Waals surface area (Å²) in [6.45, 7) is 5.63. The number of imidazole rings is 3. The van der Waals surface area contributed by atoms with Crippen LogP contribution in [0.5, 0.6) is 0 Å². The fraction of sp³-hybridized carbons (Fsp3) is 0.400. The fourth-order valence-corrected chi connectivity index (χ4v) is 9.65. The first-order valence-corrected chi connectivity index (χ1v) is 19.7. The average molecular weight is 676 g/mol. The molecular formula is C45H51N6+3. The summed E-state index contributed by atoms with van der Waals surface area (Å²) in [5.41, 5.74) is 17.6. The van der Waals surface area contributed by atoms with Crippen molar-refractivity contribution in [3.63, 3.8) is 0 Å². The highest BCUT2D eigenvalue weighted by atomic mass is 15.2. The van der Waals surface area contributed by atoms with Gasteiger partial charge in [-0.15, -0.1) is 0 Å². The Kier molecular flexibility index (Phi) is 7.99. The van der Waals surface area contributed by atoms with Crippen LogP contribution in [0.3, 0.4) is 0 Å². The van der Waals surface area contributed by atoms with Crippen molar-refractivity contribution >= 4 is 0 Å². The molecule has 6 aromatic rings. The van der Waals surface area contributed by atoms with Gasteiger partial charge in [-0.25, -0.2) is 27.4 Å². The van der Waals surface area contributed by atoms with Crippen LogP contribution >= 0.6 is 0 Å². The van der Waals surface area contributed by atoms with Gasteiger partial charge in [-0.1, -0.05) is 72.8 Å². The molecule has 258 valence electrons. The van der Waals surface area contributed by atoms with E-state index in [2.05, 4.69) is 119 Å². The van der Waals surface area contributed by atoms with Gasteiger partial charge in [-0.3, -0.25) is 0 Å². The summed E-state index contributed by atoms with van der Waals surface area (Å²) in [5.74, 6) is 0. The van der Waals surface area contributed by atoms with E-state index >= 15 is 0 Å². The van der Waals surface area contributed by atoms with Gasteiger partial charge in [0.1, 0.15) is 73.4 Å². The molecule has 7 aliphatic rings. The van der Waals surface area contributed by atoms with E-state index in [4.69, 9.17) is 0 Å². The van der Waals surface area contributed by atoms with Crippen molar-refractivity contribution in [2.45, 2.75) is 116 Å². The lowest BCUT2D eigenvalue weighted by Crippen LogP contribution is -2.38. The summed E-state index contributed by atoms with van der Waals surface area (Å²) in [6, 6.07) is 28.4.